The molecule has 0 saturated heterocycles. The third kappa shape index (κ3) is 3.91. The molecule has 0 aliphatic rings. The second-order valence-corrected chi connectivity index (χ2v) is 4.10. The smallest absolute Gasteiger partial charge is 0.129 e. The summed E-state index contributed by atoms with van der Waals surface area (Å²) in [7, 11) is 1.59. The first-order chi connectivity index (χ1) is 7.69. The van der Waals surface area contributed by atoms with E-state index < -0.39 is 0 Å². The van der Waals surface area contributed by atoms with Crippen molar-refractivity contribution in [3.8, 4) is 0 Å². The van der Waals surface area contributed by atoms with Gasteiger partial charge < -0.3 is 10.1 Å². The van der Waals surface area contributed by atoms with E-state index in [1.54, 1.807) is 19.2 Å². The lowest BCUT2D eigenvalue weighted by molar-refractivity contribution is 0.172. The zero-order valence-corrected chi connectivity index (χ0v) is 10.5. The number of hydrogen-bond acceptors (Lipinski definition) is 2. The molecule has 0 saturated carbocycles. The maximum atomic E-state index is 13.4. The zero-order chi connectivity index (χ0) is 12.0. The van der Waals surface area contributed by atoms with Gasteiger partial charge in [0.15, 0.2) is 0 Å². The number of rotatable bonds is 6. The van der Waals surface area contributed by atoms with Gasteiger partial charge in [-0.15, -0.1) is 11.6 Å². The van der Waals surface area contributed by atoms with Crippen LogP contribution in [0.25, 0.3) is 0 Å². The molecular weight excluding hydrogens is 252 g/mol. The van der Waals surface area contributed by atoms with Gasteiger partial charge in [-0.05, 0) is 12.1 Å². The van der Waals surface area contributed by atoms with Crippen molar-refractivity contribution in [3.05, 3.63) is 34.6 Å². The van der Waals surface area contributed by atoms with Crippen LogP contribution in [0, 0.1) is 5.82 Å². The average Bonchev–Trinajstić information content (AvgIpc) is 2.27. The minimum absolute atomic E-state index is 0.0117. The fraction of sp³-hybridized carbons (Fsp3) is 0.455. The number of nitrogens with one attached hydrogen (secondary N) is 1. The summed E-state index contributed by atoms with van der Waals surface area (Å²) >= 11 is 11.6. The molecule has 5 heteroatoms. The van der Waals surface area contributed by atoms with E-state index in [0.717, 1.165) is 0 Å². The highest BCUT2D eigenvalue weighted by Gasteiger charge is 2.10. The molecule has 2 nitrogen and oxygen atoms in total. The van der Waals surface area contributed by atoms with E-state index in [2.05, 4.69) is 5.32 Å². The summed E-state index contributed by atoms with van der Waals surface area (Å²) in [5, 5.41) is 3.50. The number of methoxy groups -OCH3 is 1. The van der Waals surface area contributed by atoms with Crippen LogP contribution in [0.1, 0.15) is 5.56 Å². The van der Waals surface area contributed by atoms with Crippen LogP contribution >= 0.6 is 23.2 Å². The van der Waals surface area contributed by atoms with E-state index >= 15 is 0 Å². The van der Waals surface area contributed by atoms with Gasteiger partial charge in [0.2, 0.25) is 0 Å². The van der Waals surface area contributed by atoms with Crippen molar-refractivity contribution in [2.75, 3.05) is 19.6 Å². The van der Waals surface area contributed by atoms with Crippen molar-refractivity contribution in [1.82, 2.24) is 5.32 Å². The molecule has 1 unspecified atom stereocenters. The number of hydrogen-bond donors (Lipinski definition) is 1. The molecule has 16 heavy (non-hydrogen) atoms. The van der Waals surface area contributed by atoms with Crippen molar-refractivity contribution in [2.45, 2.75) is 12.6 Å². The molecule has 0 aliphatic heterocycles. The molecule has 0 heterocycles. The molecule has 0 aromatic heterocycles. The van der Waals surface area contributed by atoms with Crippen LogP contribution < -0.4 is 5.32 Å². The lowest BCUT2D eigenvalue weighted by Crippen LogP contribution is -2.34. The Morgan fingerprint density at radius 2 is 2.25 bits per heavy atom. The normalized spacial score (nSPS) is 12.8. The second kappa shape index (κ2) is 7.07. The van der Waals surface area contributed by atoms with Gasteiger partial charge in [-0.1, -0.05) is 17.7 Å². The summed E-state index contributed by atoms with van der Waals surface area (Å²) in [6.45, 7) is 0.821. The summed E-state index contributed by atoms with van der Waals surface area (Å²) in [6.07, 6.45) is 0. The van der Waals surface area contributed by atoms with Gasteiger partial charge in [0.05, 0.1) is 6.61 Å². The third-order valence-corrected chi connectivity index (χ3v) is 2.91. The Labute approximate surface area is 105 Å². The summed E-state index contributed by atoms with van der Waals surface area (Å²) in [4.78, 5) is 0. The van der Waals surface area contributed by atoms with E-state index in [9.17, 15) is 4.39 Å². The van der Waals surface area contributed by atoms with E-state index in [-0.39, 0.29) is 11.9 Å². The molecule has 1 rings (SSSR count). The van der Waals surface area contributed by atoms with Gasteiger partial charge in [-0.25, -0.2) is 4.39 Å². The summed E-state index contributed by atoms with van der Waals surface area (Å²) < 4.78 is 18.4. The summed E-state index contributed by atoms with van der Waals surface area (Å²) in [6, 6.07) is 4.61. The second-order valence-electron chi connectivity index (χ2n) is 3.39. The van der Waals surface area contributed by atoms with Crippen LogP contribution in [0.15, 0.2) is 18.2 Å². The van der Waals surface area contributed by atoms with E-state index in [1.165, 1.54) is 6.07 Å². The van der Waals surface area contributed by atoms with Crippen LogP contribution in [-0.2, 0) is 11.3 Å². The molecule has 0 spiro atoms. The predicted octanol–water partition coefficient (Wildman–Crippen LogP) is 2.82. The van der Waals surface area contributed by atoms with E-state index in [0.29, 0.717) is 29.6 Å². The molecule has 0 bridgehead atoms. The summed E-state index contributed by atoms with van der Waals surface area (Å²) in [5.74, 6) is 0.0886. The van der Waals surface area contributed by atoms with Crippen molar-refractivity contribution in [2.24, 2.45) is 0 Å². The van der Waals surface area contributed by atoms with Crippen molar-refractivity contribution in [3.63, 3.8) is 0 Å². The molecule has 1 N–H and O–H groups in total. The Hall–Kier alpha value is -0.350. The predicted molar refractivity (Wildman–Crippen MR) is 64.6 cm³/mol. The van der Waals surface area contributed by atoms with Crippen LogP contribution in [0.4, 0.5) is 4.39 Å². The highest BCUT2D eigenvalue weighted by molar-refractivity contribution is 6.31. The number of alkyl halides is 1. The van der Waals surface area contributed by atoms with Crippen LogP contribution in [0.5, 0.6) is 0 Å². The van der Waals surface area contributed by atoms with Gasteiger partial charge in [0.1, 0.15) is 5.82 Å². The van der Waals surface area contributed by atoms with Crippen molar-refractivity contribution < 1.29 is 9.13 Å². The monoisotopic (exact) mass is 265 g/mol. The first-order valence-corrected chi connectivity index (χ1v) is 5.81. The maximum Gasteiger partial charge on any atom is 0.129 e. The van der Waals surface area contributed by atoms with Gasteiger partial charge in [-0.2, -0.15) is 0 Å². The molecule has 1 aromatic rings. The Kier molecular flexibility index (Phi) is 6.06. The van der Waals surface area contributed by atoms with Gasteiger partial charge in [0, 0.05) is 36.2 Å². The van der Waals surface area contributed by atoms with E-state index in [4.69, 9.17) is 27.9 Å². The maximum absolute atomic E-state index is 13.4. The van der Waals surface area contributed by atoms with Crippen molar-refractivity contribution in [1.29, 1.82) is 0 Å². The molecule has 1 atom stereocenters. The first-order valence-electron chi connectivity index (χ1n) is 4.90. The third-order valence-electron chi connectivity index (χ3n) is 2.18. The first kappa shape index (κ1) is 13.7. The molecule has 0 radical (unpaired) electrons. The minimum atomic E-state index is -0.314. The van der Waals surface area contributed by atoms with E-state index in [1.807, 2.05) is 0 Å². The number of halogens is 3. The Bertz CT molecular complexity index is 316. The van der Waals surface area contributed by atoms with Crippen LogP contribution in [0.2, 0.25) is 5.02 Å². The Balaban J connectivity index is 2.59. The quantitative estimate of drug-likeness (QED) is 0.799. The largest absolute Gasteiger partial charge is 0.383 e. The molecule has 90 valence electrons. The topological polar surface area (TPSA) is 21.3 Å². The SMILES string of the molecule is COCC(CCl)NCc1c(F)cccc1Cl. The summed E-state index contributed by atoms with van der Waals surface area (Å²) in [5.41, 5.74) is 0.454. The van der Waals surface area contributed by atoms with Gasteiger partial charge in [-0.3, -0.25) is 0 Å². The van der Waals surface area contributed by atoms with Gasteiger partial charge >= 0.3 is 0 Å². The molecule has 0 aliphatic carbocycles. The fourth-order valence-corrected chi connectivity index (χ4v) is 1.73. The number of benzene rings is 1. The fourth-order valence-electron chi connectivity index (χ4n) is 1.31. The molecule has 0 amide bonds. The molecular formula is C11H14Cl2FNO. The van der Waals surface area contributed by atoms with Crippen LogP contribution in [-0.4, -0.2) is 25.6 Å². The Morgan fingerprint density at radius 3 is 2.81 bits per heavy atom. The highest BCUT2D eigenvalue weighted by atomic mass is 35.5. The van der Waals surface area contributed by atoms with Crippen LogP contribution in [0.3, 0.4) is 0 Å². The van der Waals surface area contributed by atoms with Crippen molar-refractivity contribution >= 4 is 23.2 Å². The highest BCUT2D eigenvalue weighted by Crippen LogP contribution is 2.18. The number of ether oxygens (including phenoxy) is 1. The average molecular weight is 266 g/mol. The standard InChI is InChI=1S/C11H14Cl2FNO/c1-16-7-8(5-12)15-6-9-10(13)3-2-4-11(9)14/h2-4,8,15H,5-7H2,1H3. The molecule has 0 fully saturated rings. The minimum Gasteiger partial charge on any atom is -0.383 e. The Morgan fingerprint density at radius 1 is 1.50 bits per heavy atom. The zero-order valence-electron chi connectivity index (χ0n) is 8.97. The molecule has 1 aromatic carbocycles. The van der Waals surface area contributed by atoms with Gasteiger partial charge in [0.25, 0.3) is 0 Å². The lowest BCUT2D eigenvalue weighted by Gasteiger charge is -2.15. The lowest BCUT2D eigenvalue weighted by atomic mass is 10.2.